The number of hydrogen-bond acceptors (Lipinski definition) is 2. The van der Waals surface area contributed by atoms with Crippen molar-refractivity contribution in [1.29, 1.82) is 0 Å². The highest BCUT2D eigenvalue weighted by Crippen LogP contribution is 2.17. The van der Waals surface area contributed by atoms with E-state index in [1.807, 2.05) is 0 Å². The van der Waals surface area contributed by atoms with Crippen molar-refractivity contribution < 1.29 is 19.1 Å². The molecule has 1 N–H and O–H groups in total. The van der Waals surface area contributed by atoms with Gasteiger partial charge in [-0.25, -0.2) is 4.39 Å². The lowest BCUT2D eigenvalue weighted by Gasteiger charge is -2.30. The van der Waals surface area contributed by atoms with E-state index in [2.05, 4.69) is 0 Å². The maximum Gasteiger partial charge on any atom is 0.308 e. The number of carbonyl (C=O) groups is 2. The number of benzene rings is 1. The first-order valence-corrected chi connectivity index (χ1v) is 6.99. The van der Waals surface area contributed by atoms with Crippen molar-refractivity contribution in [3.8, 4) is 0 Å². The number of halogens is 1. The lowest BCUT2D eigenvalue weighted by atomic mass is 9.98. The van der Waals surface area contributed by atoms with E-state index in [1.54, 1.807) is 29.2 Å². The van der Waals surface area contributed by atoms with Gasteiger partial charge in [-0.15, -0.1) is 0 Å². The van der Waals surface area contributed by atoms with Crippen LogP contribution in [0.2, 0.25) is 0 Å². The third-order valence-corrected chi connectivity index (χ3v) is 3.57. The topological polar surface area (TPSA) is 57.6 Å². The van der Waals surface area contributed by atoms with Crippen molar-refractivity contribution in [2.45, 2.75) is 19.3 Å². The van der Waals surface area contributed by atoms with Gasteiger partial charge in [0.25, 0.3) is 0 Å². The lowest BCUT2D eigenvalue weighted by Crippen LogP contribution is -2.42. The average molecular weight is 291 g/mol. The number of nitrogens with zero attached hydrogens (tertiary/aromatic N) is 1. The van der Waals surface area contributed by atoms with E-state index in [-0.39, 0.29) is 24.7 Å². The minimum Gasteiger partial charge on any atom is -0.481 e. The summed E-state index contributed by atoms with van der Waals surface area (Å²) < 4.78 is 13.0. The minimum atomic E-state index is -0.845. The first kappa shape index (κ1) is 15.2. The summed E-state index contributed by atoms with van der Waals surface area (Å²) in [6, 6.07) is 6.12. The number of hydrogen-bond donors (Lipinski definition) is 1. The summed E-state index contributed by atoms with van der Waals surface area (Å²) in [5.41, 5.74) is 0.699. The third-order valence-electron chi connectivity index (χ3n) is 3.57. The van der Waals surface area contributed by atoms with Crippen LogP contribution in [0.1, 0.15) is 24.8 Å². The Morgan fingerprint density at radius 3 is 2.95 bits per heavy atom. The van der Waals surface area contributed by atoms with Crippen molar-refractivity contribution in [3.63, 3.8) is 0 Å². The first-order valence-electron chi connectivity index (χ1n) is 6.99. The molecule has 0 aromatic heterocycles. The monoisotopic (exact) mass is 291 g/mol. The Balaban J connectivity index is 1.88. The van der Waals surface area contributed by atoms with Crippen LogP contribution in [0.3, 0.4) is 0 Å². The second-order valence-corrected chi connectivity index (χ2v) is 5.18. The Bertz CT molecular complexity index is 556. The van der Waals surface area contributed by atoms with Gasteiger partial charge in [-0.3, -0.25) is 9.59 Å². The largest absolute Gasteiger partial charge is 0.481 e. The minimum absolute atomic E-state index is 0.0893. The molecule has 1 amide bonds. The SMILES string of the molecule is O=C(O)C1CCCN(C(=O)CC=Cc2cccc(F)c2)C1. The summed E-state index contributed by atoms with van der Waals surface area (Å²) in [7, 11) is 0. The predicted molar refractivity (Wildman–Crippen MR) is 77.0 cm³/mol. The molecule has 2 rings (SSSR count). The number of piperidine rings is 1. The molecule has 1 aliphatic rings. The normalized spacial score (nSPS) is 18.9. The van der Waals surface area contributed by atoms with Crippen LogP contribution >= 0.6 is 0 Å². The maximum absolute atomic E-state index is 13.0. The van der Waals surface area contributed by atoms with Gasteiger partial charge >= 0.3 is 5.97 Å². The molecule has 21 heavy (non-hydrogen) atoms. The second-order valence-electron chi connectivity index (χ2n) is 5.18. The molecule has 0 saturated carbocycles. The Hall–Kier alpha value is -2.17. The van der Waals surface area contributed by atoms with Crippen molar-refractivity contribution in [1.82, 2.24) is 4.90 Å². The molecule has 4 nitrogen and oxygen atoms in total. The standard InChI is InChI=1S/C16H18FNO3/c17-14-7-1-4-12(10-14)5-2-8-15(19)18-9-3-6-13(11-18)16(20)21/h1-2,4-5,7,10,13H,3,6,8-9,11H2,(H,20,21). The molecule has 1 atom stereocenters. The van der Waals surface area contributed by atoms with Crippen molar-refractivity contribution in [2.24, 2.45) is 5.92 Å². The van der Waals surface area contributed by atoms with E-state index >= 15 is 0 Å². The van der Waals surface area contributed by atoms with Gasteiger partial charge in [0.05, 0.1) is 5.92 Å². The molecule has 112 valence electrons. The highest BCUT2D eigenvalue weighted by molar-refractivity contribution is 5.80. The zero-order valence-corrected chi connectivity index (χ0v) is 11.7. The van der Waals surface area contributed by atoms with E-state index in [9.17, 15) is 14.0 Å². The van der Waals surface area contributed by atoms with E-state index < -0.39 is 11.9 Å². The number of aliphatic carboxylic acids is 1. The molecular weight excluding hydrogens is 273 g/mol. The smallest absolute Gasteiger partial charge is 0.308 e. The van der Waals surface area contributed by atoms with Gasteiger partial charge in [-0.2, -0.15) is 0 Å². The zero-order chi connectivity index (χ0) is 15.2. The van der Waals surface area contributed by atoms with Crippen LogP contribution in [0.4, 0.5) is 4.39 Å². The molecule has 1 unspecified atom stereocenters. The van der Waals surface area contributed by atoms with Crippen LogP contribution in [0.25, 0.3) is 6.08 Å². The van der Waals surface area contributed by atoms with E-state index in [1.165, 1.54) is 12.1 Å². The van der Waals surface area contributed by atoms with Gasteiger partial charge in [0.1, 0.15) is 5.82 Å². The number of likely N-dealkylation sites (tertiary alicyclic amines) is 1. The van der Waals surface area contributed by atoms with Crippen LogP contribution in [0, 0.1) is 11.7 Å². The van der Waals surface area contributed by atoms with Gasteiger partial charge in [0, 0.05) is 19.5 Å². The fourth-order valence-electron chi connectivity index (χ4n) is 2.44. The van der Waals surface area contributed by atoms with E-state index in [4.69, 9.17) is 5.11 Å². The number of rotatable bonds is 4. The molecule has 1 heterocycles. The van der Waals surface area contributed by atoms with E-state index in [0.29, 0.717) is 18.5 Å². The summed E-state index contributed by atoms with van der Waals surface area (Å²) in [6.07, 6.45) is 4.92. The van der Waals surface area contributed by atoms with Gasteiger partial charge in [-0.1, -0.05) is 24.3 Å². The van der Waals surface area contributed by atoms with Crippen LogP contribution in [-0.2, 0) is 9.59 Å². The van der Waals surface area contributed by atoms with Crippen molar-refractivity contribution in [2.75, 3.05) is 13.1 Å². The number of carboxylic acids is 1. The molecule has 1 aromatic carbocycles. The van der Waals surface area contributed by atoms with Crippen molar-refractivity contribution >= 4 is 18.0 Å². The summed E-state index contributed by atoms with van der Waals surface area (Å²) in [4.78, 5) is 24.6. The summed E-state index contributed by atoms with van der Waals surface area (Å²) in [5.74, 6) is -1.71. The van der Waals surface area contributed by atoms with Crippen LogP contribution < -0.4 is 0 Å². The van der Waals surface area contributed by atoms with Gasteiger partial charge < -0.3 is 10.0 Å². The molecular formula is C16H18FNO3. The lowest BCUT2D eigenvalue weighted by molar-refractivity contribution is -0.145. The summed E-state index contributed by atoms with van der Waals surface area (Å²) >= 11 is 0. The Morgan fingerprint density at radius 1 is 1.43 bits per heavy atom. The Kier molecular flexibility index (Phi) is 5.09. The molecule has 5 heteroatoms. The van der Waals surface area contributed by atoms with E-state index in [0.717, 1.165) is 6.42 Å². The van der Waals surface area contributed by atoms with Crippen molar-refractivity contribution in [3.05, 3.63) is 41.7 Å². The summed E-state index contributed by atoms with van der Waals surface area (Å²) in [6.45, 7) is 0.887. The van der Waals surface area contributed by atoms with Gasteiger partial charge in [-0.05, 0) is 30.5 Å². The molecule has 0 bridgehead atoms. The van der Waals surface area contributed by atoms with Crippen LogP contribution in [0.15, 0.2) is 30.3 Å². The fourth-order valence-corrected chi connectivity index (χ4v) is 2.44. The average Bonchev–Trinajstić information content (AvgIpc) is 2.47. The van der Waals surface area contributed by atoms with Crippen LogP contribution in [0.5, 0.6) is 0 Å². The highest BCUT2D eigenvalue weighted by atomic mass is 19.1. The predicted octanol–water partition coefficient (Wildman–Crippen LogP) is 2.55. The molecule has 1 aliphatic heterocycles. The quantitative estimate of drug-likeness (QED) is 0.927. The molecule has 1 saturated heterocycles. The number of carbonyl (C=O) groups excluding carboxylic acids is 1. The van der Waals surface area contributed by atoms with Gasteiger partial charge in [0.15, 0.2) is 0 Å². The molecule has 0 radical (unpaired) electrons. The zero-order valence-electron chi connectivity index (χ0n) is 11.7. The molecule has 0 aliphatic carbocycles. The maximum atomic E-state index is 13.0. The Morgan fingerprint density at radius 2 is 2.24 bits per heavy atom. The Labute approximate surface area is 122 Å². The molecule has 1 fully saturated rings. The second kappa shape index (κ2) is 7.02. The third kappa shape index (κ3) is 4.41. The summed E-state index contributed by atoms with van der Waals surface area (Å²) in [5, 5.41) is 9.00. The van der Waals surface area contributed by atoms with Crippen LogP contribution in [-0.4, -0.2) is 35.0 Å². The first-order chi connectivity index (χ1) is 10.1. The fraction of sp³-hybridized carbons (Fsp3) is 0.375. The molecule has 0 spiro atoms. The number of amides is 1. The number of carboxylic acid groups (broad SMARTS) is 1. The van der Waals surface area contributed by atoms with Gasteiger partial charge in [0.2, 0.25) is 5.91 Å². The highest BCUT2D eigenvalue weighted by Gasteiger charge is 2.27. The molecule has 1 aromatic rings.